The van der Waals surface area contributed by atoms with E-state index in [1.54, 1.807) is 0 Å². The van der Waals surface area contributed by atoms with Gasteiger partial charge in [-0.05, 0) is 11.6 Å². The summed E-state index contributed by atoms with van der Waals surface area (Å²) in [6, 6.07) is 2.10. The van der Waals surface area contributed by atoms with Crippen molar-refractivity contribution in [3.8, 4) is 0 Å². The lowest BCUT2D eigenvalue weighted by Gasteiger charge is -1.82. The Hall–Kier alpha value is -0.980. The second-order valence-corrected chi connectivity index (χ2v) is 2.02. The van der Waals surface area contributed by atoms with Gasteiger partial charge >= 0.3 is 0 Å². The largest absolute Gasteiger partial charge is 0.364 e. The summed E-state index contributed by atoms with van der Waals surface area (Å²) in [4.78, 5) is 3.16. The number of fused-ring (bicyclic) bond motifs is 1. The molecule has 0 radical (unpaired) electrons. The van der Waals surface area contributed by atoms with Crippen LogP contribution in [0.4, 0.5) is 0 Å². The molecule has 1 aliphatic rings. The summed E-state index contributed by atoms with van der Waals surface area (Å²) in [7, 11) is 0. The molecule has 0 saturated heterocycles. The molecule has 1 aromatic rings. The highest BCUT2D eigenvalue weighted by Crippen LogP contribution is 2.15. The molecule has 1 aromatic heterocycles. The topological polar surface area (TPSA) is 15.8 Å². The van der Waals surface area contributed by atoms with Crippen molar-refractivity contribution in [3.05, 3.63) is 29.6 Å². The fourth-order valence-corrected chi connectivity index (χ4v) is 1.05. The Bertz CT molecular complexity index is 220. The maximum absolute atomic E-state index is 3.16. The molecular formula is C7H7N. The van der Waals surface area contributed by atoms with Crippen LogP contribution in [0, 0.1) is 0 Å². The van der Waals surface area contributed by atoms with Gasteiger partial charge in [0.15, 0.2) is 0 Å². The van der Waals surface area contributed by atoms with Gasteiger partial charge in [0.25, 0.3) is 0 Å². The van der Waals surface area contributed by atoms with Crippen molar-refractivity contribution in [2.24, 2.45) is 0 Å². The number of nitrogens with one attached hydrogen (secondary N) is 1. The third kappa shape index (κ3) is 0.360. The van der Waals surface area contributed by atoms with Crippen molar-refractivity contribution >= 4 is 6.08 Å². The van der Waals surface area contributed by atoms with Crippen LogP contribution in [-0.2, 0) is 6.42 Å². The monoisotopic (exact) mass is 105 g/mol. The van der Waals surface area contributed by atoms with E-state index in [0.717, 1.165) is 6.42 Å². The summed E-state index contributed by atoms with van der Waals surface area (Å²) < 4.78 is 0. The molecule has 0 amide bonds. The molecule has 0 aromatic carbocycles. The number of hydrogen-bond acceptors (Lipinski definition) is 0. The molecule has 2 rings (SSSR count). The molecule has 0 spiro atoms. The lowest BCUT2D eigenvalue weighted by Crippen LogP contribution is -1.74. The van der Waals surface area contributed by atoms with Crippen molar-refractivity contribution in [1.82, 2.24) is 4.98 Å². The molecule has 0 unspecified atom stereocenters. The zero-order valence-electron chi connectivity index (χ0n) is 4.52. The average Bonchev–Trinajstić information content (AvgIpc) is 2.15. The zero-order chi connectivity index (χ0) is 5.40. The van der Waals surface area contributed by atoms with E-state index in [-0.39, 0.29) is 0 Å². The van der Waals surface area contributed by atoms with E-state index in [1.807, 2.05) is 6.20 Å². The van der Waals surface area contributed by atoms with Crippen LogP contribution in [0.25, 0.3) is 6.08 Å². The van der Waals surface area contributed by atoms with Gasteiger partial charge in [0.1, 0.15) is 0 Å². The molecule has 40 valence electrons. The molecule has 1 N–H and O–H groups in total. The van der Waals surface area contributed by atoms with Crippen LogP contribution in [0.15, 0.2) is 18.3 Å². The van der Waals surface area contributed by atoms with Crippen LogP contribution in [0.1, 0.15) is 11.3 Å². The summed E-state index contributed by atoms with van der Waals surface area (Å²) >= 11 is 0. The molecule has 1 heterocycles. The normalized spacial score (nSPS) is 14.5. The summed E-state index contributed by atoms with van der Waals surface area (Å²) in [6.07, 6.45) is 7.38. The van der Waals surface area contributed by atoms with Crippen molar-refractivity contribution < 1.29 is 0 Å². The number of allylic oxidation sites excluding steroid dienone is 1. The molecule has 1 aliphatic carbocycles. The first-order valence-electron chi connectivity index (χ1n) is 2.79. The van der Waals surface area contributed by atoms with E-state index in [4.69, 9.17) is 0 Å². The fourth-order valence-electron chi connectivity index (χ4n) is 1.05. The highest BCUT2D eigenvalue weighted by atomic mass is 14.7. The van der Waals surface area contributed by atoms with Crippen LogP contribution in [-0.4, -0.2) is 4.98 Å². The zero-order valence-corrected chi connectivity index (χ0v) is 4.52. The number of rotatable bonds is 0. The molecule has 0 fully saturated rings. The van der Waals surface area contributed by atoms with Crippen molar-refractivity contribution in [2.75, 3.05) is 0 Å². The highest BCUT2D eigenvalue weighted by molar-refractivity contribution is 5.57. The van der Waals surface area contributed by atoms with Gasteiger partial charge in [-0.1, -0.05) is 12.2 Å². The Morgan fingerprint density at radius 3 is 3.38 bits per heavy atom. The Balaban J connectivity index is 2.67. The Morgan fingerprint density at radius 1 is 1.50 bits per heavy atom. The second-order valence-electron chi connectivity index (χ2n) is 2.02. The van der Waals surface area contributed by atoms with Gasteiger partial charge in [-0.25, -0.2) is 0 Å². The summed E-state index contributed by atoms with van der Waals surface area (Å²) in [5.41, 5.74) is 2.70. The molecular weight excluding hydrogens is 98.1 g/mol. The number of aromatic nitrogens is 1. The maximum atomic E-state index is 3.16. The third-order valence-corrected chi connectivity index (χ3v) is 1.49. The lowest BCUT2D eigenvalue weighted by atomic mass is 10.3. The highest BCUT2D eigenvalue weighted by Gasteiger charge is 2.02. The maximum Gasteiger partial charge on any atom is 0.0258 e. The van der Waals surface area contributed by atoms with Gasteiger partial charge in [0, 0.05) is 18.3 Å². The summed E-state index contributed by atoms with van der Waals surface area (Å²) in [5.74, 6) is 0. The average molecular weight is 105 g/mol. The van der Waals surface area contributed by atoms with Crippen LogP contribution in [0.2, 0.25) is 0 Å². The first-order valence-corrected chi connectivity index (χ1v) is 2.79. The molecule has 0 bridgehead atoms. The van der Waals surface area contributed by atoms with Gasteiger partial charge in [-0.2, -0.15) is 0 Å². The molecule has 1 heteroatoms. The molecule has 0 saturated carbocycles. The standard InChI is InChI=1S/C7H7N/c1-2-6-4-5-8-7(6)3-1/h1-2,4-5,8H,3H2. The molecule has 0 atom stereocenters. The second kappa shape index (κ2) is 1.25. The molecule has 8 heavy (non-hydrogen) atoms. The first-order chi connectivity index (χ1) is 3.97. The van der Waals surface area contributed by atoms with E-state index in [2.05, 4.69) is 23.2 Å². The number of hydrogen-bond donors (Lipinski definition) is 1. The van der Waals surface area contributed by atoms with Crippen molar-refractivity contribution in [1.29, 1.82) is 0 Å². The Labute approximate surface area is 48.0 Å². The van der Waals surface area contributed by atoms with Gasteiger partial charge < -0.3 is 4.98 Å². The van der Waals surface area contributed by atoms with Crippen LogP contribution in [0.5, 0.6) is 0 Å². The minimum atomic E-state index is 1.09. The molecule has 1 nitrogen and oxygen atoms in total. The van der Waals surface area contributed by atoms with E-state index in [9.17, 15) is 0 Å². The van der Waals surface area contributed by atoms with Gasteiger partial charge in [-0.3, -0.25) is 0 Å². The minimum absolute atomic E-state index is 1.09. The van der Waals surface area contributed by atoms with Gasteiger partial charge in [-0.15, -0.1) is 0 Å². The van der Waals surface area contributed by atoms with Crippen LogP contribution >= 0.6 is 0 Å². The lowest BCUT2D eigenvalue weighted by molar-refractivity contribution is 1.17. The Morgan fingerprint density at radius 2 is 2.50 bits per heavy atom. The SMILES string of the molecule is C1=Cc2cc[nH]c2C1. The van der Waals surface area contributed by atoms with Gasteiger partial charge in [0.05, 0.1) is 0 Å². The quantitative estimate of drug-likeness (QED) is 0.515. The van der Waals surface area contributed by atoms with Crippen molar-refractivity contribution in [2.45, 2.75) is 6.42 Å². The van der Waals surface area contributed by atoms with E-state index < -0.39 is 0 Å². The Kier molecular flexibility index (Phi) is 0.618. The van der Waals surface area contributed by atoms with E-state index >= 15 is 0 Å². The number of aromatic amines is 1. The predicted molar refractivity (Wildman–Crippen MR) is 33.5 cm³/mol. The fraction of sp³-hybridized carbons (Fsp3) is 0.143. The summed E-state index contributed by atoms with van der Waals surface area (Å²) in [5, 5.41) is 0. The van der Waals surface area contributed by atoms with Crippen LogP contribution < -0.4 is 0 Å². The van der Waals surface area contributed by atoms with Crippen LogP contribution in [0.3, 0.4) is 0 Å². The first kappa shape index (κ1) is 3.96. The van der Waals surface area contributed by atoms with E-state index in [0.29, 0.717) is 0 Å². The molecule has 0 aliphatic heterocycles. The minimum Gasteiger partial charge on any atom is -0.364 e. The predicted octanol–water partition coefficient (Wildman–Crippen LogP) is 1.58. The van der Waals surface area contributed by atoms with E-state index in [1.165, 1.54) is 11.3 Å². The van der Waals surface area contributed by atoms with Crippen molar-refractivity contribution in [3.63, 3.8) is 0 Å². The van der Waals surface area contributed by atoms with Gasteiger partial charge in [0.2, 0.25) is 0 Å². The summed E-state index contributed by atoms with van der Waals surface area (Å²) in [6.45, 7) is 0. The number of H-pyrrole nitrogens is 1. The third-order valence-electron chi connectivity index (χ3n) is 1.49. The smallest absolute Gasteiger partial charge is 0.0258 e.